The third-order valence-corrected chi connectivity index (χ3v) is 3.48. The van der Waals surface area contributed by atoms with E-state index >= 15 is 0 Å². The van der Waals surface area contributed by atoms with Crippen LogP contribution >= 0.6 is 12.2 Å². The van der Waals surface area contributed by atoms with Gasteiger partial charge >= 0.3 is 0 Å². The summed E-state index contributed by atoms with van der Waals surface area (Å²) in [7, 11) is 1.61. The summed E-state index contributed by atoms with van der Waals surface area (Å²) in [5.41, 5.74) is 2.65. The highest BCUT2D eigenvalue weighted by Gasteiger charge is 2.04. The Bertz CT molecular complexity index is 631. The number of pyridine rings is 1. The molecule has 2 rings (SSSR count). The monoisotopic (exact) mass is 315 g/mol. The lowest BCUT2D eigenvalue weighted by molar-refractivity contribution is 0.415. The quantitative estimate of drug-likeness (QED) is 0.632. The molecule has 0 spiro atoms. The molecule has 0 amide bonds. The second-order valence-corrected chi connectivity index (χ2v) is 5.44. The first-order valence-corrected chi connectivity index (χ1v) is 7.69. The summed E-state index contributed by atoms with van der Waals surface area (Å²) in [6, 6.07) is 12.2. The zero-order valence-corrected chi connectivity index (χ0v) is 13.7. The van der Waals surface area contributed by atoms with Crippen LogP contribution in [0.3, 0.4) is 0 Å². The number of methoxy groups -OCH3 is 1. The van der Waals surface area contributed by atoms with E-state index < -0.39 is 0 Å². The van der Waals surface area contributed by atoms with Crippen LogP contribution in [-0.2, 0) is 6.42 Å². The molecule has 22 heavy (non-hydrogen) atoms. The van der Waals surface area contributed by atoms with Crippen molar-refractivity contribution in [3.63, 3.8) is 0 Å². The topological polar surface area (TPSA) is 46.2 Å². The summed E-state index contributed by atoms with van der Waals surface area (Å²) in [5.74, 6) is 1.30. The van der Waals surface area contributed by atoms with Gasteiger partial charge in [-0.3, -0.25) is 0 Å². The highest BCUT2D eigenvalue weighted by atomic mass is 32.1. The van der Waals surface area contributed by atoms with E-state index in [1.54, 1.807) is 13.3 Å². The van der Waals surface area contributed by atoms with Crippen molar-refractivity contribution in [1.29, 1.82) is 0 Å². The molecular weight excluding hydrogens is 294 g/mol. The predicted octanol–water partition coefficient (Wildman–Crippen LogP) is 3.32. The van der Waals surface area contributed by atoms with Crippen molar-refractivity contribution in [2.24, 2.45) is 0 Å². The highest BCUT2D eigenvalue weighted by molar-refractivity contribution is 7.80. The molecule has 0 fully saturated rings. The van der Waals surface area contributed by atoms with Crippen LogP contribution < -0.4 is 15.4 Å². The van der Waals surface area contributed by atoms with Crippen LogP contribution in [-0.4, -0.2) is 23.8 Å². The lowest BCUT2D eigenvalue weighted by Gasteiger charge is -2.12. The SMILES string of the molecule is COc1cccnc1NC(=S)NCCCc1cccc(C)c1. The smallest absolute Gasteiger partial charge is 0.174 e. The maximum atomic E-state index is 5.28. The van der Waals surface area contributed by atoms with Gasteiger partial charge in [0.2, 0.25) is 0 Å². The number of thiocarbonyl (C=S) groups is 1. The first-order chi connectivity index (χ1) is 10.7. The van der Waals surface area contributed by atoms with Gasteiger partial charge in [-0.15, -0.1) is 0 Å². The number of aromatic nitrogens is 1. The average Bonchev–Trinajstić information content (AvgIpc) is 2.52. The van der Waals surface area contributed by atoms with E-state index in [0.717, 1.165) is 19.4 Å². The normalized spacial score (nSPS) is 10.1. The summed E-state index contributed by atoms with van der Waals surface area (Å²) in [6.07, 6.45) is 3.75. The van der Waals surface area contributed by atoms with Crippen LogP contribution in [0.5, 0.6) is 5.75 Å². The first-order valence-electron chi connectivity index (χ1n) is 7.28. The second-order valence-electron chi connectivity index (χ2n) is 5.03. The molecule has 116 valence electrons. The zero-order chi connectivity index (χ0) is 15.8. The van der Waals surface area contributed by atoms with Crippen LogP contribution in [0.2, 0.25) is 0 Å². The van der Waals surface area contributed by atoms with Crippen LogP contribution in [0.25, 0.3) is 0 Å². The third-order valence-electron chi connectivity index (χ3n) is 3.23. The van der Waals surface area contributed by atoms with E-state index in [9.17, 15) is 0 Å². The number of aryl methyl sites for hydroxylation is 2. The standard InChI is InChI=1S/C17H21N3OS/c1-13-6-3-7-14(12-13)8-4-11-19-17(22)20-16-15(21-2)9-5-10-18-16/h3,5-7,9-10,12H,4,8,11H2,1-2H3,(H2,18,19,20,22). The lowest BCUT2D eigenvalue weighted by Crippen LogP contribution is -2.30. The van der Waals surface area contributed by atoms with Crippen molar-refractivity contribution >= 4 is 23.1 Å². The molecule has 0 atom stereocenters. The molecule has 4 nitrogen and oxygen atoms in total. The molecule has 5 heteroatoms. The maximum Gasteiger partial charge on any atom is 0.174 e. The highest BCUT2D eigenvalue weighted by Crippen LogP contribution is 2.19. The number of hydrogen-bond donors (Lipinski definition) is 2. The summed E-state index contributed by atoms with van der Waals surface area (Å²) in [5, 5.41) is 6.80. The maximum absolute atomic E-state index is 5.28. The van der Waals surface area contributed by atoms with Crippen LogP contribution in [0, 0.1) is 6.92 Å². The zero-order valence-electron chi connectivity index (χ0n) is 12.9. The van der Waals surface area contributed by atoms with Crippen molar-refractivity contribution < 1.29 is 4.74 Å². The predicted molar refractivity (Wildman–Crippen MR) is 94.5 cm³/mol. The number of nitrogens with one attached hydrogen (secondary N) is 2. The summed E-state index contributed by atoms with van der Waals surface area (Å²) >= 11 is 5.28. The second kappa shape index (κ2) is 8.34. The number of ether oxygens (including phenoxy) is 1. The van der Waals surface area contributed by atoms with Crippen molar-refractivity contribution in [3.8, 4) is 5.75 Å². The Morgan fingerprint density at radius 3 is 2.91 bits per heavy atom. The van der Waals surface area contributed by atoms with E-state index in [4.69, 9.17) is 17.0 Å². The van der Waals surface area contributed by atoms with E-state index in [-0.39, 0.29) is 0 Å². The number of hydrogen-bond acceptors (Lipinski definition) is 3. The van der Waals surface area contributed by atoms with Crippen molar-refractivity contribution in [2.75, 3.05) is 19.0 Å². The van der Waals surface area contributed by atoms with Gasteiger partial charge in [-0.2, -0.15) is 0 Å². The molecule has 0 aliphatic rings. The molecule has 0 bridgehead atoms. The van der Waals surface area contributed by atoms with Crippen LogP contribution in [0.4, 0.5) is 5.82 Å². The fraction of sp³-hybridized carbons (Fsp3) is 0.294. The fourth-order valence-electron chi connectivity index (χ4n) is 2.16. The number of benzene rings is 1. The van der Waals surface area contributed by atoms with Gasteiger partial charge in [0, 0.05) is 12.7 Å². The van der Waals surface area contributed by atoms with Crippen LogP contribution in [0.1, 0.15) is 17.5 Å². The minimum Gasteiger partial charge on any atom is -0.493 e. The van der Waals surface area contributed by atoms with E-state index in [1.807, 2.05) is 12.1 Å². The number of nitrogens with zero attached hydrogens (tertiary/aromatic N) is 1. The molecule has 0 radical (unpaired) electrons. The van der Waals surface area contributed by atoms with Gasteiger partial charge in [0.15, 0.2) is 16.7 Å². The summed E-state index contributed by atoms with van der Waals surface area (Å²) in [4.78, 5) is 4.21. The van der Waals surface area contributed by atoms with Crippen molar-refractivity contribution in [2.45, 2.75) is 19.8 Å². The Labute approximate surface area is 136 Å². The number of anilines is 1. The van der Waals surface area contributed by atoms with Gasteiger partial charge in [-0.1, -0.05) is 29.8 Å². The van der Waals surface area contributed by atoms with Gasteiger partial charge in [0.1, 0.15) is 0 Å². The molecule has 2 aromatic rings. The Balaban J connectivity index is 1.74. The molecule has 0 saturated heterocycles. The van der Waals surface area contributed by atoms with Gasteiger partial charge in [-0.25, -0.2) is 4.98 Å². The molecule has 1 aromatic carbocycles. The third kappa shape index (κ3) is 5.00. The Morgan fingerprint density at radius 1 is 1.27 bits per heavy atom. The van der Waals surface area contributed by atoms with E-state index in [0.29, 0.717) is 16.7 Å². The number of rotatable bonds is 6. The van der Waals surface area contributed by atoms with Gasteiger partial charge in [0.25, 0.3) is 0 Å². The summed E-state index contributed by atoms with van der Waals surface area (Å²) in [6.45, 7) is 2.93. The Morgan fingerprint density at radius 2 is 2.14 bits per heavy atom. The molecule has 1 aromatic heterocycles. The molecule has 1 heterocycles. The molecule has 0 unspecified atom stereocenters. The lowest BCUT2D eigenvalue weighted by atomic mass is 10.1. The Hall–Kier alpha value is -2.14. The van der Waals surface area contributed by atoms with Crippen LogP contribution in [0.15, 0.2) is 42.6 Å². The fourth-order valence-corrected chi connectivity index (χ4v) is 2.36. The Kier molecular flexibility index (Phi) is 6.15. The van der Waals surface area contributed by atoms with E-state index in [1.165, 1.54) is 11.1 Å². The van der Waals surface area contributed by atoms with Gasteiger partial charge in [-0.05, 0) is 49.7 Å². The molecule has 0 saturated carbocycles. The minimum absolute atomic E-state index is 0.557. The molecule has 2 N–H and O–H groups in total. The molecule has 0 aliphatic heterocycles. The molecule has 0 aliphatic carbocycles. The first kappa shape index (κ1) is 16.2. The largest absolute Gasteiger partial charge is 0.493 e. The van der Waals surface area contributed by atoms with Crippen molar-refractivity contribution in [3.05, 3.63) is 53.7 Å². The average molecular weight is 315 g/mol. The minimum atomic E-state index is 0.557. The summed E-state index contributed by atoms with van der Waals surface area (Å²) < 4.78 is 5.23. The molecular formula is C17H21N3OS. The van der Waals surface area contributed by atoms with E-state index in [2.05, 4.69) is 46.8 Å². The van der Waals surface area contributed by atoms with Gasteiger partial charge < -0.3 is 15.4 Å². The van der Waals surface area contributed by atoms with Gasteiger partial charge in [0.05, 0.1) is 7.11 Å². The van der Waals surface area contributed by atoms with Crippen molar-refractivity contribution in [1.82, 2.24) is 10.3 Å².